The van der Waals surface area contributed by atoms with E-state index >= 15 is 0 Å². The van der Waals surface area contributed by atoms with E-state index in [-0.39, 0.29) is 21.3 Å². The smallest absolute Gasteiger partial charge is 0.246 e. The molecule has 5 aromatic rings. The maximum atomic E-state index is 11.0. The molecular weight excluding hydrogens is 761 g/mol. The highest BCUT2D eigenvalue weighted by atomic mass is 127. The second-order valence-electron chi connectivity index (χ2n) is 5.61. The highest BCUT2D eigenvalue weighted by molar-refractivity contribution is 14.1. The monoisotopic (exact) mass is 789 g/mol. The maximum Gasteiger partial charge on any atom is 0.246 e. The number of hydrogen-bond acceptors (Lipinski definition) is 13. The molecule has 0 spiro atoms. The topological polar surface area (TPSA) is 275 Å². The van der Waals surface area contributed by atoms with Gasteiger partial charge >= 0.3 is 0 Å². The summed E-state index contributed by atoms with van der Waals surface area (Å²) in [5.41, 5.74) is 22.1. The molecule has 0 aromatic carbocycles. The largest absolute Gasteiger partial charge is 0.393 e. The van der Waals surface area contributed by atoms with Gasteiger partial charge in [0.1, 0.15) is 34.4 Å². The molecule has 0 unspecified atom stereocenters. The van der Waals surface area contributed by atoms with Crippen molar-refractivity contribution in [3.63, 3.8) is 0 Å². The van der Waals surface area contributed by atoms with Gasteiger partial charge in [0.05, 0.1) is 29.7 Å². The Bertz CT molecular complexity index is 1470. The predicted octanol–water partition coefficient (Wildman–Crippen LogP) is 3.30. The Hall–Kier alpha value is -3.79. The highest BCUT2D eigenvalue weighted by Crippen LogP contribution is 2.19. The van der Waals surface area contributed by atoms with Gasteiger partial charge in [0.15, 0.2) is 17.3 Å². The first kappa shape index (κ1) is 35.2. The molecule has 0 radical (unpaired) electrons. The SMILES string of the molecule is C.C.NC=O.Nc1ncnc2[nH]ncc12.Nc1ncnc2n[nH]c(I)c12.[2H]I=NSCF.[C-]#[N+]c1cn[nH]c1N. The van der Waals surface area contributed by atoms with E-state index in [9.17, 15) is 4.39 Å². The summed E-state index contributed by atoms with van der Waals surface area (Å²) in [5.74, 6) is 1.26. The highest BCUT2D eigenvalue weighted by Gasteiger charge is 2.06. The van der Waals surface area contributed by atoms with Gasteiger partial charge in [-0.25, -0.2) is 29.2 Å². The van der Waals surface area contributed by atoms with Gasteiger partial charge in [0.25, 0.3) is 0 Å². The van der Waals surface area contributed by atoms with Crippen LogP contribution >= 0.6 is 56.8 Å². The average Bonchev–Trinajstić information content (AvgIpc) is 3.65. The minimum absolute atomic E-state index is 0. The minimum Gasteiger partial charge on any atom is -0.393 e. The molecule has 0 saturated carbocycles. The van der Waals surface area contributed by atoms with E-state index in [1.165, 1.54) is 18.9 Å². The number of aromatic nitrogens is 10. The zero-order valence-corrected chi connectivity index (χ0v) is 23.5. The average molecular weight is 789 g/mol. The lowest BCUT2D eigenvalue weighted by atomic mass is 10.4. The Morgan fingerprint density at radius 2 is 1.77 bits per heavy atom. The number of nitrogens with two attached hydrogens (primary N) is 4. The number of nitrogens with one attached hydrogen (secondary N) is 3. The van der Waals surface area contributed by atoms with Crippen LogP contribution in [-0.4, -0.2) is 63.5 Å². The number of amides is 1. The van der Waals surface area contributed by atoms with E-state index in [2.05, 4.69) is 86.2 Å². The first-order valence-corrected chi connectivity index (χ1v) is 12.1. The molecule has 5 heterocycles. The van der Waals surface area contributed by atoms with E-state index in [4.69, 9.17) is 29.2 Å². The van der Waals surface area contributed by atoms with Crippen LogP contribution in [0.25, 0.3) is 26.9 Å². The lowest BCUT2D eigenvalue weighted by Crippen LogP contribution is -1.91. The number of carbonyl (C=O) groups excluding carboxylic acids is 1. The first-order chi connectivity index (χ1) is 18.3. The van der Waals surface area contributed by atoms with Gasteiger partial charge in [0.2, 0.25) is 12.1 Å². The molecule has 0 aliphatic heterocycles. The van der Waals surface area contributed by atoms with Crippen molar-refractivity contribution in [3.05, 3.63) is 40.2 Å². The molecule has 11 N–H and O–H groups in total. The number of carbonyl (C=O) groups is 1. The lowest BCUT2D eigenvalue weighted by molar-refractivity contribution is -0.106. The van der Waals surface area contributed by atoms with Crippen molar-refractivity contribution in [2.24, 2.45) is 8.28 Å². The van der Waals surface area contributed by atoms with Crippen LogP contribution in [-0.2, 0) is 4.79 Å². The zero-order chi connectivity index (χ0) is 28.3. The van der Waals surface area contributed by atoms with Crippen LogP contribution in [0, 0.1) is 10.3 Å². The molecule has 0 atom stereocenters. The molecule has 212 valence electrons. The zero-order valence-electron chi connectivity index (χ0n) is 19.4. The van der Waals surface area contributed by atoms with E-state index < -0.39 is 28.2 Å². The molecule has 17 nitrogen and oxygen atoms in total. The number of aromatic amines is 3. The third-order valence-corrected chi connectivity index (χ3v) is 5.29. The van der Waals surface area contributed by atoms with Crippen LogP contribution in [0.4, 0.5) is 27.5 Å². The van der Waals surface area contributed by atoms with E-state index in [1.807, 2.05) is 0 Å². The molecular formula is C18H27FI2N16OS. The minimum atomic E-state index is -0.801. The molecule has 1 amide bonds. The van der Waals surface area contributed by atoms with Gasteiger partial charge in [-0.2, -0.15) is 17.8 Å². The number of fused-ring (bicyclic) bond motifs is 2. The van der Waals surface area contributed by atoms with Crippen molar-refractivity contribution < 1.29 is 9.18 Å². The number of nitrogen functional groups attached to an aromatic ring is 3. The second kappa shape index (κ2) is 21.2. The Morgan fingerprint density at radius 1 is 1.13 bits per heavy atom. The van der Waals surface area contributed by atoms with E-state index in [0.717, 1.165) is 26.4 Å². The Labute approximate surface area is 253 Å². The lowest BCUT2D eigenvalue weighted by Gasteiger charge is -1.90. The molecule has 21 heteroatoms. The number of H-pyrrole nitrogens is 3. The molecule has 39 heavy (non-hydrogen) atoms. The first-order valence-electron chi connectivity index (χ1n) is 9.52. The van der Waals surface area contributed by atoms with Crippen molar-refractivity contribution in [2.75, 3.05) is 23.2 Å². The standard InChI is InChI=1S/C5H4IN5.C5H5N5.C4H4N4.CH3FINS.CH3NO.2CH4/c6-3-2-4(7)8-1-9-5(2)11-10-3;6-4-3-1-9-10-5(3)8-2-7-4;1-6-3-2-7-8-4(3)5;2-1-5-4-3;2-1-3;;/h1H,(H3,7,8,9,10,11);1-2H,(H3,6,7,8,9,10);2H,(H3,5,7,8);3H,1H2;1H,(H2,2,3);2*1H4/i;;;3D;;;. The van der Waals surface area contributed by atoms with Crippen LogP contribution in [0.2, 0.25) is 0 Å². The number of primary amides is 1. The van der Waals surface area contributed by atoms with Crippen LogP contribution in [0.3, 0.4) is 0 Å². The van der Waals surface area contributed by atoms with Gasteiger partial charge in [0, 0.05) is 11.9 Å². The summed E-state index contributed by atoms with van der Waals surface area (Å²) in [6, 6.07) is -0.488. The van der Waals surface area contributed by atoms with Gasteiger partial charge in [-0.15, -0.1) is 0 Å². The van der Waals surface area contributed by atoms with Crippen molar-refractivity contribution in [1.29, 1.82) is 0.594 Å². The van der Waals surface area contributed by atoms with E-state index in [1.54, 1.807) is 6.20 Å². The van der Waals surface area contributed by atoms with Gasteiger partial charge in [-0.05, 0) is 44.8 Å². The van der Waals surface area contributed by atoms with Gasteiger partial charge in [-0.1, -0.05) is 14.9 Å². The molecule has 0 fully saturated rings. The second-order valence-corrected chi connectivity index (χ2v) is 8.49. The van der Waals surface area contributed by atoms with Crippen LogP contribution in [0.1, 0.15) is 14.9 Å². The number of hydrogen-bond donors (Lipinski definition) is 7. The summed E-state index contributed by atoms with van der Waals surface area (Å²) in [6.07, 6.45) is 6.04. The quantitative estimate of drug-likeness (QED) is 0.0588. The summed E-state index contributed by atoms with van der Waals surface area (Å²) in [4.78, 5) is 27.1. The van der Waals surface area contributed by atoms with Crippen molar-refractivity contribution in [3.8, 4) is 0 Å². The fraction of sp³-hybridized carbons (Fsp3) is 0.167. The molecule has 0 bridgehead atoms. The number of nitrogens with zero attached hydrogens (tertiary/aromatic N) is 9. The van der Waals surface area contributed by atoms with Crippen LogP contribution < -0.4 is 22.9 Å². The number of halogens is 3. The fourth-order valence-corrected chi connectivity index (χ4v) is 3.01. The molecule has 5 rings (SSSR count). The molecule has 5 aromatic heterocycles. The summed E-state index contributed by atoms with van der Waals surface area (Å²) in [7, 11) is 0. The van der Waals surface area contributed by atoms with E-state index in [0.29, 0.717) is 34.4 Å². The number of anilines is 3. The van der Waals surface area contributed by atoms with Crippen LogP contribution in [0.15, 0.2) is 27.6 Å². The Morgan fingerprint density at radius 3 is 2.26 bits per heavy atom. The predicted molar refractivity (Wildman–Crippen MR) is 169 cm³/mol. The van der Waals surface area contributed by atoms with Crippen molar-refractivity contribution >= 4 is 108 Å². The Balaban J connectivity index is 0. The number of alkyl halides is 1. The number of rotatable bonds is 2. The Kier molecular flexibility index (Phi) is 19.1. The summed E-state index contributed by atoms with van der Waals surface area (Å²) >= 11 is 2.13. The van der Waals surface area contributed by atoms with Gasteiger partial charge in [-0.3, -0.25) is 20.1 Å². The summed E-state index contributed by atoms with van der Waals surface area (Å²) < 4.78 is 21.7. The van der Waals surface area contributed by atoms with Crippen LogP contribution in [0.5, 0.6) is 0 Å². The molecule has 0 aliphatic carbocycles. The third-order valence-electron chi connectivity index (χ3n) is 3.48. The summed E-state index contributed by atoms with van der Waals surface area (Å²) in [5, 5.41) is 20.6. The molecule has 0 aliphatic rings. The van der Waals surface area contributed by atoms with Crippen molar-refractivity contribution in [1.82, 2.24) is 50.5 Å². The fourth-order valence-electron chi connectivity index (χ4n) is 2.02. The maximum absolute atomic E-state index is 11.0. The summed E-state index contributed by atoms with van der Waals surface area (Å²) in [6.45, 7) is 6.49. The van der Waals surface area contributed by atoms with Gasteiger partial charge < -0.3 is 22.9 Å². The normalized spacial score (nSPS) is 9.51. The third kappa shape index (κ3) is 12.5. The van der Waals surface area contributed by atoms with Crippen molar-refractivity contribution in [2.45, 2.75) is 14.9 Å². The molecule has 0 saturated heterocycles.